The molecule has 0 unspecified atom stereocenters. The predicted molar refractivity (Wildman–Crippen MR) is 148 cm³/mol. The Balaban J connectivity index is 1.21. The number of hydrogen-bond donors (Lipinski definition) is 0. The van der Waals surface area contributed by atoms with Crippen molar-refractivity contribution in [2.45, 2.75) is 32.3 Å². The van der Waals surface area contributed by atoms with Crippen LogP contribution in [0.4, 0.5) is 0 Å². The van der Waals surface area contributed by atoms with E-state index in [4.69, 9.17) is 4.74 Å². The van der Waals surface area contributed by atoms with Gasteiger partial charge in [0.05, 0.1) is 0 Å². The molecule has 1 heterocycles. The zero-order valence-corrected chi connectivity index (χ0v) is 21.1. The molecular formula is C33H33NO2. The molecule has 5 rings (SSSR count). The second kappa shape index (κ2) is 10.9. The van der Waals surface area contributed by atoms with Crippen molar-refractivity contribution in [2.24, 2.45) is 0 Å². The van der Waals surface area contributed by atoms with E-state index in [9.17, 15) is 4.79 Å². The number of piperidine rings is 1. The Hall–Kier alpha value is -3.69. The van der Waals surface area contributed by atoms with Crippen LogP contribution < -0.4 is 4.74 Å². The summed E-state index contributed by atoms with van der Waals surface area (Å²) in [6, 6.07) is 33.0. The Kier molecular flexibility index (Phi) is 7.29. The lowest BCUT2D eigenvalue weighted by molar-refractivity contribution is 0.0993. The highest BCUT2D eigenvalue weighted by molar-refractivity contribution is 5.98. The number of ketones is 1. The molecule has 1 saturated heterocycles. The van der Waals surface area contributed by atoms with Crippen LogP contribution in [0.15, 0.2) is 97.1 Å². The first-order chi connectivity index (χ1) is 17.5. The molecular weight excluding hydrogens is 442 g/mol. The SMILES string of the molecule is Cc1cccc(-c2cccc(C(=O)Cc3ccc(-c4ccc(OC5CCN(C)CC5)cc4)cc3)c2)c1. The summed E-state index contributed by atoms with van der Waals surface area (Å²) in [6.07, 6.45) is 2.85. The largest absolute Gasteiger partial charge is 0.490 e. The molecule has 0 amide bonds. The Bertz CT molecular complexity index is 1320. The van der Waals surface area contributed by atoms with Crippen LogP contribution >= 0.6 is 0 Å². The van der Waals surface area contributed by atoms with Crippen LogP contribution in [-0.4, -0.2) is 36.9 Å². The number of likely N-dealkylation sites (tertiary alicyclic amines) is 1. The van der Waals surface area contributed by atoms with Crippen molar-refractivity contribution >= 4 is 5.78 Å². The molecule has 0 aromatic heterocycles. The van der Waals surface area contributed by atoms with Crippen molar-refractivity contribution in [3.63, 3.8) is 0 Å². The second-order valence-electron chi connectivity index (χ2n) is 9.89. The van der Waals surface area contributed by atoms with Crippen LogP contribution in [0, 0.1) is 6.92 Å². The predicted octanol–water partition coefficient (Wildman–Crippen LogP) is 7.23. The normalized spacial score (nSPS) is 14.5. The van der Waals surface area contributed by atoms with E-state index in [1.807, 2.05) is 18.2 Å². The molecule has 0 aliphatic carbocycles. The number of hydrogen-bond acceptors (Lipinski definition) is 3. The highest BCUT2D eigenvalue weighted by Gasteiger charge is 2.18. The molecule has 0 bridgehead atoms. The third-order valence-corrected chi connectivity index (χ3v) is 7.01. The van der Waals surface area contributed by atoms with Gasteiger partial charge in [0.15, 0.2) is 5.78 Å². The fourth-order valence-corrected chi connectivity index (χ4v) is 4.82. The number of carbonyl (C=O) groups is 1. The van der Waals surface area contributed by atoms with Crippen LogP contribution in [0.5, 0.6) is 5.75 Å². The first-order valence-corrected chi connectivity index (χ1v) is 12.8. The van der Waals surface area contributed by atoms with Gasteiger partial charge in [0.1, 0.15) is 11.9 Å². The van der Waals surface area contributed by atoms with Crippen LogP contribution in [0.2, 0.25) is 0 Å². The molecule has 36 heavy (non-hydrogen) atoms. The minimum atomic E-state index is 0.132. The van der Waals surface area contributed by atoms with Gasteiger partial charge >= 0.3 is 0 Å². The summed E-state index contributed by atoms with van der Waals surface area (Å²) >= 11 is 0. The fourth-order valence-electron chi connectivity index (χ4n) is 4.82. The number of carbonyl (C=O) groups excluding carboxylic acids is 1. The number of aryl methyl sites for hydroxylation is 1. The Labute approximate surface area is 214 Å². The minimum absolute atomic E-state index is 0.132. The molecule has 3 nitrogen and oxygen atoms in total. The van der Waals surface area contributed by atoms with Crippen molar-refractivity contribution in [2.75, 3.05) is 20.1 Å². The van der Waals surface area contributed by atoms with E-state index >= 15 is 0 Å². The molecule has 0 N–H and O–H groups in total. The van der Waals surface area contributed by atoms with Gasteiger partial charge in [-0.15, -0.1) is 0 Å². The minimum Gasteiger partial charge on any atom is -0.490 e. The number of nitrogens with zero attached hydrogens (tertiary/aromatic N) is 1. The van der Waals surface area contributed by atoms with Gasteiger partial charge in [-0.25, -0.2) is 0 Å². The van der Waals surface area contributed by atoms with Crippen molar-refractivity contribution in [1.29, 1.82) is 0 Å². The summed E-state index contributed by atoms with van der Waals surface area (Å²) in [4.78, 5) is 15.4. The van der Waals surface area contributed by atoms with E-state index in [0.717, 1.165) is 65.1 Å². The fraction of sp³-hybridized carbons (Fsp3) is 0.242. The topological polar surface area (TPSA) is 29.5 Å². The maximum atomic E-state index is 13.0. The van der Waals surface area contributed by atoms with Crippen molar-refractivity contribution in [1.82, 2.24) is 4.90 Å². The molecule has 0 saturated carbocycles. The van der Waals surface area contributed by atoms with Gasteiger partial charge < -0.3 is 9.64 Å². The summed E-state index contributed by atoms with van der Waals surface area (Å²) in [5.74, 6) is 1.07. The van der Waals surface area contributed by atoms with Gasteiger partial charge in [0, 0.05) is 25.1 Å². The van der Waals surface area contributed by atoms with E-state index < -0.39 is 0 Å². The second-order valence-corrected chi connectivity index (χ2v) is 9.89. The lowest BCUT2D eigenvalue weighted by Crippen LogP contribution is -2.35. The molecule has 1 aliphatic rings. The smallest absolute Gasteiger partial charge is 0.167 e. The zero-order valence-electron chi connectivity index (χ0n) is 21.1. The average molecular weight is 476 g/mol. The molecule has 4 aromatic rings. The monoisotopic (exact) mass is 475 g/mol. The first-order valence-electron chi connectivity index (χ1n) is 12.8. The lowest BCUT2D eigenvalue weighted by Gasteiger charge is -2.29. The third-order valence-electron chi connectivity index (χ3n) is 7.01. The van der Waals surface area contributed by atoms with Gasteiger partial charge in [-0.2, -0.15) is 0 Å². The van der Waals surface area contributed by atoms with Crippen molar-refractivity contribution < 1.29 is 9.53 Å². The van der Waals surface area contributed by atoms with E-state index in [1.54, 1.807) is 0 Å². The number of ether oxygens (including phenoxy) is 1. The first kappa shape index (κ1) is 24.0. The van der Waals surface area contributed by atoms with Gasteiger partial charge in [-0.1, -0.05) is 84.4 Å². The molecule has 1 aliphatic heterocycles. The highest BCUT2D eigenvalue weighted by Crippen LogP contribution is 2.26. The molecule has 4 aromatic carbocycles. The van der Waals surface area contributed by atoms with Gasteiger partial charge in [0.2, 0.25) is 0 Å². The van der Waals surface area contributed by atoms with Crippen LogP contribution in [0.3, 0.4) is 0 Å². The molecule has 3 heteroatoms. The van der Waals surface area contributed by atoms with Crippen molar-refractivity contribution in [3.05, 3.63) is 114 Å². The van der Waals surface area contributed by atoms with E-state index in [0.29, 0.717) is 12.5 Å². The summed E-state index contributed by atoms with van der Waals surface area (Å²) < 4.78 is 6.18. The Morgan fingerprint density at radius 1 is 0.778 bits per heavy atom. The molecule has 1 fully saturated rings. The quantitative estimate of drug-likeness (QED) is 0.264. The molecule has 0 radical (unpaired) electrons. The lowest BCUT2D eigenvalue weighted by atomic mass is 9.96. The van der Waals surface area contributed by atoms with Gasteiger partial charge in [-0.3, -0.25) is 4.79 Å². The van der Waals surface area contributed by atoms with E-state index in [1.165, 1.54) is 5.56 Å². The van der Waals surface area contributed by atoms with Gasteiger partial charge in [0.25, 0.3) is 0 Å². The summed E-state index contributed by atoms with van der Waals surface area (Å²) in [5.41, 5.74) is 7.47. The van der Waals surface area contributed by atoms with Crippen LogP contribution in [-0.2, 0) is 6.42 Å². The van der Waals surface area contributed by atoms with E-state index in [-0.39, 0.29) is 5.78 Å². The number of benzene rings is 4. The van der Waals surface area contributed by atoms with Crippen molar-refractivity contribution in [3.8, 4) is 28.0 Å². The van der Waals surface area contributed by atoms with Crippen LogP contribution in [0.1, 0.15) is 34.3 Å². The molecule has 182 valence electrons. The summed E-state index contributed by atoms with van der Waals surface area (Å²) in [7, 11) is 2.16. The van der Waals surface area contributed by atoms with Gasteiger partial charge in [-0.05, 0) is 72.8 Å². The highest BCUT2D eigenvalue weighted by atomic mass is 16.5. The maximum absolute atomic E-state index is 13.0. The van der Waals surface area contributed by atoms with Crippen LogP contribution in [0.25, 0.3) is 22.3 Å². The standard InChI is InChI=1S/C33H33NO2/c1-24-5-3-6-28(21-24)29-7-4-8-30(23-29)33(35)22-25-9-11-26(12-10-25)27-13-15-31(16-14-27)36-32-17-19-34(2)20-18-32/h3-16,21,23,32H,17-20,22H2,1-2H3. The average Bonchev–Trinajstić information content (AvgIpc) is 2.91. The summed E-state index contributed by atoms with van der Waals surface area (Å²) in [6.45, 7) is 4.27. The van der Waals surface area contributed by atoms with E-state index in [2.05, 4.69) is 97.7 Å². The summed E-state index contributed by atoms with van der Waals surface area (Å²) in [5, 5.41) is 0. The maximum Gasteiger partial charge on any atom is 0.167 e. The molecule has 0 atom stereocenters. The Morgan fingerprint density at radius 3 is 2.06 bits per heavy atom. The number of rotatable bonds is 7. The Morgan fingerprint density at radius 2 is 1.39 bits per heavy atom. The zero-order chi connectivity index (χ0) is 24.9. The third kappa shape index (κ3) is 5.92. The molecule has 0 spiro atoms. The number of Topliss-reactive ketones (excluding diaryl/α,β-unsaturated/α-hetero) is 1.